The van der Waals surface area contributed by atoms with E-state index in [-0.39, 0.29) is 0 Å². The first kappa shape index (κ1) is 20.0. The number of alkyl halides is 2. The third-order valence-electron chi connectivity index (χ3n) is 4.66. The lowest BCUT2D eigenvalue weighted by Crippen LogP contribution is -2.50. The van der Waals surface area contributed by atoms with Gasteiger partial charge in [0.2, 0.25) is 0 Å². The van der Waals surface area contributed by atoms with E-state index >= 15 is 8.78 Å². The summed E-state index contributed by atoms with van der Waals surface area (Å²) in [6.45, 7) is 0.928. The van der Waals surface area contributed by atoms with Crippen molar-refractivity contribution in [2.75, 3.05) is 6.54 Å². The lowest BCUT2D eigenvalue weighted by atomic mass is 9.84. The predicted molar refractivity (Wildman–Crippen MR) is 97.6 cm³/mol. The van der Waals surface area contributed by atoms with Crippen LogP contribution in [0.3, 0.4) is 0 Å². The Bertz CT molecular complexity index is 975. The number of hydrogen-bond acceptors (Lipinski definition) is 3. The van der Waals surface area contributed by atoms with Crippen LogP contribution in [-0.4, -0.2) is 16.6 Å². The Kier molecular flexibility index (Phi) is 5.23. The zero-order valence-electron chi connectivity index (χ0n) is 15.0. The zero-order chi connectivity index (χ0) is 20.5. The van der Waals surface area contributed by atoms with Crippen LogP contribution in [0.1, 0.15) is 16.8 Å². The topological polar surface area (TPSA) is 59.1 Å². The predicted octanol–water partition coefficient (Wildman–Crippen LogP) is 4.27. The van der Waals surface area contributed by atoms with E-state index in [4.69, 9.17) is 5.73 Å². The molecule has 2 aromatic carbocycles. The molecule has 1 aromatic heterocycles. The molecule has 0 amide bonds. The smallest absolute Gasteiger partial charge is 0.323 e. The molecule has 0 bridgehead atoms. The molecule has 0 radical (unpaired) electrons. The number of pyridine rings is 1. The minimum absolute atomic E-state index is 0.417. The number of halogens is 4. The van der Waals surface area contributed by atoms with Gasteiger partial charge in [-0.05, 0) is 24.6 Å². The molecule has 0 aliphatic heterocycles. The number of aromatic nitrogens is 1. The van der Waals surface area contributed by atoms with Crippen molar-refractivity contribution in [3.8, 4) is 11.1 Å². The summed E-state index contributed by atoms with van der Waals surface area (Å²) in [5.41, 5.74) is 3.15. The van der Waals surface area contributed by atoms with Crippen molar-refractivity contribution in [2.45, 2.75) is 18.4 Å². The minimum atomic E-state index is -4.02. The molecule has 7 heteroatoms. The van der Waals surface area contributed by atoms with Crippen LogP contribution in [0.25, 0.3) is 11.1 Å². The largest absolute Gasteiger partial charge is 0.377 e. The second-order valence-corrected chi connectivity index (χ2v) is 6.56. The molecule has 0 aliphatic carbocycles. The van der Waals surface area contributed by atoms with Crippen LogP contribution in [0.2, 0.25) is 0 Å². The van der Waals surface area contributed by atoms with Crippen LogP contribution in [0.4, 0.5) is 17.6 Å². The summed E-state index contributed by atoms with van der Waals surface area (Å²) >= 11 is 0. The van der Waals surface area contributed by atoms with E-state index in [9.17, 15) is 13.9 Å². The molecule has 3 nitrogen and oxygen atoms in total. The van der Waals surface area contributed by atoms with Gasteiger partial charge in [-0.2, -0.15) is 8.78 Å². The second kappa shape index (κ2) is 7.33. The van der Waals surface area contributed by atoms with Crippen LogP contribution < -0.4 is 5.73 Å². The number of aliphatic hydroxyl groups is 1. The van der Waals surface area contributed by atoms with Crippen molar-refractivity contribution >= 4 is 0 Å². The summed E-state index contributed by atoms with van der Waals surface area (Å²) in [7, 11) is 0. The van der Waals surface area contributed by atoms with Gasteiger partial charge in [0, 0.05) is 29.9 Å². The van der Waals surface area contributed by atoms with Gasteiger partial charge in [-0.1, -0.05) is 42.0 Å². The molecule has 1 atom stereocenters. The Morgan fingerprint density at radius 2 is 1.61 bits per heavy atom. The Hall–Kier alpha value is -2.77. The highest BCUT2D eigenvalue weighted by Crippen LogP contribution is 2.45. The van der Waals surface area contributed by atoms with Crippen molar-refractivity contribution in [3.05, 3.63) is 89.2 Å². The first-order valence-electron chi connectivity index (χ1n) is 8.48. The van der Waals surface area contributed by atoms with E-state index in [0.717, 1.165) is 29.3 Å². The first-order chi connectivity index (χ1) is 13.2. The number of hydrogen-bond donors (Lipinski definition) is 2. The van der Waals surface area contributed by atoms with Gasteiger partial charge in [0.15, 0.2) is 5.60 Å². The van der Waals surface area contributed by atoms with Gasteiger partial charge < -0.3 is 10.8 Å². The monoisotopic (exact) mass is 390 g/mol. The average Bonchev–Trinajstić information content (AvgIpc) is 2.68. The fourth-order valence-electron chi connectivity index (χ4n) is 2.94. The van der Waals surface area contributed by atoms with Crippen LogP contribution in [0.15, 0.2) is 60.8 Å². The van der Waals surface area contributed by atoms with E-state index in [0.29, 0.717) is 11.6 Å². The van der Waals surface area contributed by atoms with Crippen LogP contribution in [0, 0.1) is 18.6 Å². The van der Waals surface area contributed by atoms with Gasteiger partial charge in [0.05, 0.1) is 0 Å². The fraction of sp³-hybridized carbons (Fsp3) is 0.190. The minimum Gasteiger partial charge on any atom is -0.377 e. The molecule has 3 aromatic rings. The van der Waals surface area contributed by atoms with Gasteiger partial charge >= 0.3 is 5.92 Å². The molecule has 1 unspecified atom stereocenters. The van der Waals surface area contributed by atoms with Crippen LogP contribution >= 0.6 is 0 Å². The molecule has 0 fully saturated rings. The molecule has 0 saturated heterocycles. The molecule has 0 saturated carbocycles. The molecule has 0 aliphatic rings. The summed E-state index contributed by atoms with van der Waals surface area (Å²) in [4.78, 5) is 3.77. The van der Waals surface area contributed by atoms with Gasteiger partial charge in [-0.25, -0.2) is 8.78 Å². The lowest BCUT2D eigenvalue weighted by molar-refractivity contribution is -0.193. The fourth-order valence-corrected chi connectivity index (χ4v) is 2.94. The molecular weight excluding hydrogens is 372 g/mol. The SMILES string of the molecule is Cc1ccc(-c2ccc(C(F)(F)C(O)(CN)c3ccc(F)cc3F)nc2)cc1. The summed E-state index contributed by atoms with van der Waals surface area (Å²) < 4.78 is 57.4. The van der Waals surface area contributed by atoms with Crippen molar-refractivity contribution < 1.29 is 22.7 Å². The van der Waals surface area contributed by atoms with E-state index in [1.54, 1.807) is 0 Å². The molecule has 146 valence electrons. The Labute approximate surface area is 159 Å². The number of rotatable bonds is 5. The van der Waals surface area contributed by atoms with E-state index in [1.165, 1.54) is 12.3 Å². The van der Waals surface area contributed by atoms with Crippen molar-refractivity contribution in [3.63, 3.8) is 0 Å². The van der Waals surface area contributed by atoms with E-state index in [1.807, 2.05) is 31.2 Å². The first-order valence-corrected chi connectivity index (χ1v) is 8.48. The van der Waals surface area contributed by atoms with Crippen LogP contribution in [0.5, 0.6) is 0 Å². The molecule has 0 spiro atoms. The summed E-state index contributed by atoms with van der Waals surface area (Å²) in [5, 5.41) is 10.6. The van der Waals surface area contributed by atoms with Gasteiger partial charge in [-0.15, -0.1) is 0 Å². The average molecular weight is 390 g/mol. The summed E-state index contributed by atoms with van der Waals surface area (Å²) in [6, 6.07) is 11.8. The highest BCUT2D eigenvalue weighted by Gasteiger charge is 2.56. The third kappa shape index (κ3) is 3.39. The standard InChI is InChI=1S/C21H18F4N2O/c1-13-2-4-14(5-3-13)15-6-9-19(27-11-15)21(24,25)20(28,12-26)17-8-7-16(22)10-18(17)23/h2-11,28H,12,26H2,1H3. The molecule has 3 rings (SSSR count). The number of nitrogens with zero attached hydrogens (tertiary/aromatic N) is 1. The normalized spacial score (nSPS) is 14.0. The number of aryl methyl sites for hydroxylation is 1. The maximum atomic E-state index is 15.1. The quantitative estimate of drug-likeness (QED) is 0.640. The lowest BCUT2D eigenvalue weighted by Gasteiger charge is -2.35. The Morgan fingerprint density at radius 1 is 0.964 bits per heavy atom. The zero-order valence-corrected chi connectivity index (χ0v) is 15.0. The maximum Gasteiger partial charge on any atom is 0.323 e. The van der Waals surface area contributed by atoms with Crippen molar-refractivity contribution in [1.29, 1.82) is 0 Å². The highest BCUT2D eigenvalue weighted by atomic mass is 19.3. The second-order valence-electron chi connectivity index (χ2n) is 6.56. The van der Waals surface area contributed by atoms with Crippen LogP contribution in [-0.2, 0) is 11.5 Å². The number of nitrogens with two attached hydrogens (primary N) is 1. The third-order valence-corrected chi connectivity index (χ3v) is 4.66. The van der Waals surface area contributed by atoms with E-state index in [2.05, 4.69) is 4.98 Å². The summed E-state index contributed by atoms with van der Waals surface area (Å²) in [6.07, 6.45) is 1.24. The molecule has 28 heavy (non-hydrogen) atoms. The van der Waals surface area contributed by atoms with Crippen molar-refractivity contribution in [2.24, 2.45) is 5.73 Å². The van der Waals surface area contributed by atoms with Gasteiger partial charge in [0.1, 0.15) is 17.3 Å². The van der Waals surface area contributed by atoms with Crippen molar-refractivity contribution in [1.82, 2.24) is 4.98 Å². The maximum absolute atomic E-state index is 15.1. The summed E-state index contributed by atoms with van der Waals surface area (Å²) in [5.74, 6) is -6.29. The highest BCUT2D eigenvalue weighted by molar-refractivity contribution is 5.62. The van der Waals surface area contributed by atoms with E-state index < -0.39 is 41.0 Å². The number of benzene rings is 2. The Balaban J connectivity index is 2.01. The molecule has 3 N–H and O–H groups in total. The van der Waals surface area contributed by atoms with Gasteiger partial charge in [0.25, 0.3) is 0 Å². The Morgan fingerprint density at radius 3 is 2.14 bits per heavy atom. The molecular formula is C21H18F4N2O. The van der Waals surface area contributed by atoms with Gasteiger partial charge in [-0.3, -0.25) is 4.98 Å². The molecule has 1 heterocycles.